The van der Waals surface area contributed by atoms with Crippen molar-refractivity contribution in [1.29, 1.82) is 0 Å². The molecule has 0 fully saturated rings. The molecule has 0 saturated heterocycles. The van der Waals surface area contributed by atoms with Crippen LogP contribution in [0.1, 0.15) is 89.0 Å². The fourth-order valence-corrected chi connectivity index (χ4v) is 4.78. The molecule has 0 amide bonds. The molecule has 0 radical (unpaired) electrons. The third-order valence-corrected chi connectivity index (χ3v) is 9.31. The summed E-state index contributed by atoms with van der Waals surface area (Å²) in [6.45, 7) is 31.7. The summed E-state index contributed by atoms with van der Waals surface area (Å²) in [4.78, 5) is 0. The Labute approximate surface area is 283 Å². The molecule has 0 unspecified atom stereocenters. The summed E-state index contributed by atoms with van der Waals surface area (Å²) in [7, 11) is 0. The standard InChI is InChI=1S/4C10H14O.Fe/c4*1-6-5-7(2)9(4)10(11)8(6)3;/h4*5,11H,1-4H3;. The van der Waals surface area contributed by atoms with E-state index in [1.54, 1.807) is 0 Å². The molecular formula is C40H56FeO4. The van der Waals surface area contributed by atoms with Crippen LogP contribution >= 0.6 is 0 Å². The summed E-state index contributed by atoms with van der Waals surface area (Å²) >= 11 is 0. The number of rotatable bonds is 0. The largest absolute Gasteiger partial charge is 0.507 e. The van der Waals surface area contributed by atoms with E-state index in [2.05, 4.69) is 24.3 Å². The maximum Gasteiger partial charge on any atom is 0.121 e. The number of aryl methyl sites for hydroxylation is 8. The number of aromatic hydroxyl groups is 4. The molecule has 4 rings (SSSR count). The van der Waals surface area contributed by atoms with E-state index in [0.717, 1.165) is 89.0 Å². The van der Waals surface area contributed by atoms with Gasteiger partial charge in [-0.15, -0.1) is 0 Å². The molecular weight excluding hydrogens is 600 g/mol. The van der Waals surface area contributed by atoms with Gasteiger partial charge in [-0.25, -0.2) is 0 Å². The van der Waals surface area contributed by atoms with Gasteiger partial charge in [-0.3, -0.25) is 0 Å². The molecule has 0 spiro atoms. The smallest absolute Gasteiger partial charge is 0.121 e. The first-order valence-electron chi connectivity index (χ1n) is 15.2. The van der Waals surface area contributed by atoms with Crippen molar-refractivity contribution in [3.8, 4) is 23.0 Å². The summed E-state index contributed by atoms with van der Waals surface area (Å²) < 4.78 is 0. The van der Waals surface area contributed by atoms with Crippen LogP contribution in [0.25, 0.3) is 0 Å². The molecule has 0 saturated carbocycles. The van der Waals surface area contributed by atoms with Crippen LogP contribution in [-0.4, -0.2) is 20.4 Å². The van der Waals surface area contributed by atoms with Crippen LogP contribution in [0, 0.1) is 111 Å². The summed E-state index contributed by atoms with van der Waals surface area (Å²) in [6, 6.07) is 8.41. The average Bonchev–Trinajstić information content (AvgIpc) is 2.97. The molecule has 0 heterocycles. The maximum absolute atomic E-state index is 9.57. The fraction of sp³-hybridized carbons (Fsp3) is 0.400. The number of hydrogen-bond donors (Lipinski definition) is 4. The van der Waals surface area contributed by atoms with E-state index >= 15 is 0 Å². The van der Waals surface area contributed by atoms with E-state index in [4.69, 9.17) is 0 Å². The second kappa shape index (κ2) is 17.3. The molecule has 0 atom stereocenters. The van der Waals surface area contributed by atoms with Crippen LogP contribution in [0.3, 0.4) is 0 Å². The molecule has 248 valence electrons. The predicted octanol–water partition coefficient (Wildman–Crippen LogP) is 10.5. The van der Waals surface area contributed by atoms with Gasteiger partial charge in [-0.05, 0) is 200 Å². The number of phenols is 4. The van der Waals surface area contributed by atoms with Crippen LogP contribution in [0.5, 0.6) is 23.0 Å². The first kappa shape index (κ1) is 41.6. The van der Waals surface area contributed by atoms with Crippen molar-refractivity contribution in [2.75, 3.05) is 0 Å². The minimum Gasteiger partial charge on any atom is -0.507 e. The van der Waals surface area contributed by atoms with Crippen molar-refractivity contribution in [1.82, 2.24) is 0 Å². The molecule has 5 heteroatoms. The maximum atomic E-state index is 9.57. The zero-order valence-electron chi connectivity index (χ0n) is 30.5. The molecule has 45 heavy (non-hydrogen) atoms. The summed E-state index contributed by atoms with van der Waals surface area (Å²) in [5, 5.41) is 38.3. The molecule has 0 aliphatic rings. The van der Waals surface area contributed by atoms with Gasteiger partial charge < -0.3 is 20.4 Å². The van der Waals surface area contributed by atoms with Crippen molar-refractivity contribution in [2.45, 2.75) is 111 Å². The minimum atomic E-state index is 0. The number of phenolic OH excluding ortho intramolecular Hbond substituents is 4. The van der Waals surface area contributed by atoms with Gasteiger partial charge in [-0.1, -0.05) is 24.3 Å². The van der Waals surface area contributed by atoms with Gasteiger partial charge in [0.1, 0.15) is 23.0 Å². The van der Waals surface area contributed by atoms with Crippen molar-refractivity contribution >= 4 is 0 Å². The van der Waals surface area contributed by atoms with Crippen molar-refractivity contribution in [3.05, 3.63) is 113 Å². The number of hydrogen-bond acceptors (Lipinski definition) is 4. The second-order valence-corrected chi connectivity index (χ2v) is 12.4. The summed E-state index contributed by atoms with van der Waals surface area (Å²) in [6.07, 6.45) is 0. The molecule has 0 aliphatic carbocycles. The average molecular weight is 657 g/mol. The van der Waals surface area contributed by atoms with Gasteiger partial charge in [0, 0.05) is 17.1 Å². The number of benzene rings is 4. The Kier molecular flexibility index (Phi) is 16.0. The van der Waals surface area contributed by atoms with Gasteiger partial charge in [0.2, 0.25) is 0 Å². The Morgan fingerprint density at radius 1 is 0.244 bits per heavy atom. The van der Waals surface area contributed by atoms with Crippen molar-refractivity contribution in [2.24, 2.45) is 0 Å². The van der Waals surface area contributed by atoms with Crippen molar-refractivity contribution in [3.63, 3.8) is 0 Å². The van der Waals surface area contributed by atoms with Gasteiger partial charge >= 0.3 is 0 Å². The summed E-state index contributed by atoms with van der Waals surface area (Å²) in [5.41, 5.74) is 17.2. The van der Waals surface area contributed by atoms with Gasteiger partial charge in [0.15, 0.2) is 0 Å². The zero-order valence-corrected chi connectivity index (χ0v) is 31.6. The van der Waals surface area contributed by atoms with E-state index in [-0.39, 0.29) is 17.1 Å². The third kappa shape index (κ3) is 10.3. The molecule has 0 aliphatic heterocycles. The first-order valence-corrected chi connectivity index (χ1v) is 15.2. The fourth-order valence-electron chi connectivity index (χ4n) is 4.78. The Hall–Kier alpha value is -3.40. The Balaban J connectivity index is 0.000000569. The zero-order chi connectivity index (χ0) is 34.4. The van der Waals surface area contributed by atoms with E-state index in [1.165, 1.54) is 0 Å². The minimum absolute atomic E-state index is 0. The van der Waals surface area contributed by atoms with Gasteiger partial charge in [-0.2, -0.15) is 0 Å². The molecule has 4 aromatic rings. The van der Waals surface area contributed by atoms with Crippen LogP contribution in [0.2, 0.25) is 0 Å². The van der Waals surface area contributed by atoms with Gasteiger partial charge in [0.05, 0.1) is 0 Å². The Morgan fingerprint density at radius 2 is 0.333 bits per heavy atom. The molecule has 4 aromatic carbocycles. The Bertz CT molecular complexity index is 1300. The quantitative estimate of drug-likeness (QED) is 0.142. The van der Waals surface area contributed by atoms with Gasteiger partial charge in [0.25, 0.3) is 0 Å². The predicted molar refractivity (Wildman–Crippen MR) is 188 cm³/mol. The third-order valence-electron chi connectivity index (χ3n) is 9.31. The topological polar surface area (TPSA) is 80.9 Å². The molecule has 0 aromatic heterocycles. The monoisotopic (exact) mass is 656 g/mol. The van der Waals surface area contributed by atoms with Crippen LogP contribution < -0.4 is 0 Å². The Morgan fingerprint density at radius 3 is 0.422 bits per heavy atom. The van der Waals surface area contributed by atoms with E-state index in [9.17, 15) is 20.4 Å². The van der Waals surface area contributed by atoms with Crippen LogP contribution in [-0.2, 0) is 17.1 Å². The molecule has 4 N–H and O–H groups in total. The van der Waals surface area contributed by atoms with E-state index in [1.807, 2.05) is 111 Å². The second-order valence-electron chi connectivity index (χ2n) is 12.4. The van der Waals surface area contributed by atoms with E-state index in [0.29, 0.717) is 23.0 Å². The van der Waals surface area contributed by atoms with E-state index < -0.39 is 0 Å². The SMILES string of the molecule is Cc1cc(C)c(C)c(O)c1C.Cc1cc(C)c(C)c(O)c1C.Cc1cc(C)c(C)c(O)c1C.Cc1cc(C)c(C)c(O)c1C.[Fe]. The van der Waals surface area contributed by atoms with Crippen LogP contribution in [0.15, 0.2) is 24.3 Å². The van der Waals surface area contributed by atoms with Crippen molar-refractivity contribution < 1.29 is 37.5 Å². The molecule has 4 nitrogen and oxygen atoms in total. The van der Waals surface area contributed by atoms with Crippen LogP contribution in [0.4, 0.5) is 0 Å². The summed E-state index contributed by atoms with van der Waals surface area (Å²) in [5.74, 6) is 1.79. The first-order chi connectivity index (χ1) is 20.1. The molecule has 0 bridgehead atoms. The normalized spacial score (nSPS) is 9.96.